The van der Waals surface area contributed by atoms with Gasteiger partial charge >= 0.3 is 0 Å². The molecule has 0 bridgehead atoms. The molecule has 2 aliphatic heterocycles. The number of carbonyl (C=O) groups excluding carboxylic acids is 1. The molecule has 3 heteroatoms. The number of hydrogen-bond donors (Lipinski definition) is 1. The Kier molecular flexibility index (Phi) is 3.83. The first-order valence-corrected chi connectivity index (χ1v) is 7.43. The first-order valence-electron chi connectivity index (χ1n) is 7.43. The first-order chi connectivity index (χ1) is 9.34. The van der Waals surface area contributed by atoms with Gasteiger partial charge in [-0.3, -0.25) is 4.79 Å². The molecule has 1 aromatic carbocycles. The summed E-state index contributed by atoms with van der Waals surface area (Å²) >= 11 is 0. The molecule has 102 valence electrons. The summed E-state index contributed by atoms with van der Waals surface area (Å²) in [5.41, 5.74) is 2.66. The van der Waals surface area contributed by atoms with Crippen molar-refractivity contribution < 1.29 is 4.79 Å². The minimum Gasteiger partial charge on any atom is -0.341 e. The predicted octanol–water partition coefficient (Wildman–Crippen LogP) is 2.10. The van der Waals surface area contributed by atoms with E-state index in [4.69, 9.17) is 0 Å². The Morgan fingerprint density at radius 2 is 1.74 bits per heavy atom. The average molecular weight is 258 g/mol. The number of nitrogens with one attached hydrogen (secondary N) is 1. The van der Waals surface area contributed by atoms with Gasteiger partial charge < -0.3 is 10.2 Å². The van der Waals surface area contributed by atoms with Gasteiger partial charge in [0.2, 0.25) is 5.91 Å². The lowest BCUT2D eigenvalue weighted by molar-refractivity contribution is -0.133. The van der Waals surface area contributed by atoms with Gasteiger partial charge in [-0.1, -0.05) is 37.1 Å². The van der Waals surface area contributed by atoms with Crippen LogP contribution >= 0.6 is 0 Å². The number of benzene rings is 1. The van der Waals surface area contributed by atoms with Crippen molar-refractivity contribution in [1.29, 1.82) is 0 Å². The largest absolute Gasteiger partial charge is 0.341 e. The third-order valence-corrected chi connectivity index (χ3v) is 4.30. The Hall–Kier alpha value is -1.35. The Morgan fingerprint density at radius 1 is 1.05 bits per heavy atom. The van der Waals surface area contributed by atoms with Crippen molar-refractivity contribution in [2.24, 2.45) is 0 Å². The van der Waals surface area contributed by atoms with E-state index in [-0.39, 0.29) is 6.04 Å². The maximum Gasteiger partial charge on any atom is 0.240 e. The zero-order valence-corrected chi connectivity index (χ0v) is 11.4. The first kappa shape index (κ1) is 12.7. The third kappa shape index (κ3) is 2.81. The third-order valence-electron chi connectivity index (χ3n) is 4.30. The van der Waals surface area contributed by atoms with Crippen LogP contribution in [0.2, 0.25) is 0 Å². The molecule has 3 nitrogen and oxygen atoms in total. The summed E-state index contributed by atoms with van der Waals surface area (Å²) in [6.07, 6.45) is 5.70. The van der Waals surface area contributed by atoms with E-state index in [0.717, 1.165) is 38.9 Å². The van der Waals surface area contributed by atoms with Crippen molar-refractivity contribution in [2.75, 3.05) is 13.1 Å². The normalized spacial score (nSPS) is 23.6. The van der Waals surface area contributed by atoms with E-state index in [1.807, 2.05) is 0 Å². The zero-order chi connectivity index (χ0) is 13.1. The SMILES string of the molecule is O=C([C@@H]1Cc2ccccc2CN1)N1CCCCCC1. The molecule has 1 saturated heterocycles. The molecule has 0 aliphatic carbocycles. The van der Waals surface area contributed by atoms with Gasteiger partial charge in [-0.05, 0) is 30.4 Å². The van der Waals surface area contributed by atoms with E-state index in [1.165, 1.54) is 24.0 Å². The Balaban J connectivity index is 1.68. The molecule has 2 aliphatic rings. The number of hydrogen-bond acceptors (Lipinski definition) is 2. The maximum atomic E-state index is 12.6. The van der Waals surface area contributed by atoms with Crippen molar-refractivity contribution in [3.63, 3.8) is 0 Å². The molecule has 1 aromatic rings. The Labute approximate surface area is 115 Å². The van der Waals surface area contributed by atoms with Gasteiger partial charge in [0.05, 0.1) is 6.04 Å². The van der Waals surface area contributed by atoms with Crippen molar-refractivity contribution >= 4 is 5.91 Å². The van der Waals surface area contributed by atoms with Gasteiger partial charge in [0, 0.05) is 19.6 Å². The topological polar surface area (TPSA) is 32.3 Å². The number of likely N-dealkylation sites (tertiary alicyclic amines) is 1. The minimum atomic E-state index is -0.0204. The van der Waals surface area contributed by atoms with E-state index in [0.29, 0.717) is 5.91 Å². The molecule has 1 amide bonds. The van der Waals surface area contributed by atoms with E-state index < -0.39 is 0 Å². The fourth-order valence-electron chi connectivity index (χ4n) is 3.14. The maximum absolute atomic E-state index is 12.6. The molecular formula is C16H22N2O. The summed E-state index contributed by atoms with van der Waals surface area (Å²) in [5, 5.41) is 3.40. The van der Waals surface area contributed by atoms with Crippen LogP contribution in [0.5, 0.6) is 0 Å². The number of rotatable bonds is 1. The summed E-state index contributed by atoms with van der Waals surface area (Å²) in [5.74, 6) is 0.302. The van der Waals surface area contributed by atoms with E-state index in [2.05, 4.69) is 34.5 Å². The Bertz CT molecular complexity index is 450. The molecule has 0 unspecified atom stereocenters. The lowest BCUT2D eigenvalue weighted by Crippen LogP contribution is -2.49. The second-order valence-electron chi connectivity index (χ2n) is 5.65. The summed E-state index contributed by atoms with van der Waals surface area (Å²) in [4.78, 5) is 14.6. The quantitative estimate of drug-likeness (QED) is 0.836. The average Bonchev–Trinajstić information content (AvgIpc) is 2.75. The van der Waals surface area contributed by atoms with Crippen molar-refractivity contribution in [1.82, 2.24) is 10.2 Å². The molecule has 2 heterocycles. The van der Waals surface area contributed by atoms with Gasteiger partial charge in [0.25, 0.3) is 0 Å². The smallest absolute Gasteiger partial charge is 0.240 e. The molecule has 1 atom stereocenters. The van der Waals surface area contributed by atoms with Gasteiger partial charge in [-0.15, -0.1) is 0 Å². The number of fused-ring (bicyclic) bond motifs is 1. The predicted molar refractivity (Wildman–Crippen MR) is 75.8 cm³/mol. The summed E-state index contributed by atoms with van der Waals surface area (Å²) in [6, 6.07) is 8.41. The second-order valence-corrected chi connectivity index (χ2v) is 5.65. The summed E-state index contributed by atoms with van der Waals surface area (Å²) in [7, 11) is 0. The fourth-order valence-corrected chi connectivity index (χ4v) is 3.14. The van der Waals surface area contributed by atoms with Crippen molar-refractivity contribution in [3.8, 4) is 0 Å². The lowest BCUT2D eigenvalue weighted by Gasteiger charge is -2.30. The second kappa shape index (κ2) is 5.74. The van der Waals surface area contributed by atoms with Gasteiger partial charge in [0.15, 0.2) is 0 Å². The van der Waals surface area contributed by atoms with Crippen LogP contribution in [-0.2, 0) is 17.8 Å². The highest BCUT2D eigenvalue weighted by molar-refractivity contribution is 5.82. The van der Waals surface area contributed by atoms with Gasteiger partial charge in [-0.25, -0.2) is 0 Å². The van der Waals surface area contributed by atoms with Crippen LogP contribution in [0.3, 0.4) is 0 Å². The van der Waals surface area contributed by atoms with Crippen LogP contribution in [-0.4, -0.2) is 29.9 Å². The summed E-state index contributed by atoms with van der Waals surface area (Å²) < 4.78 is 0. The zero-order valence-electron chi connectivity index (χ0n) is 11.4. The van der Waals surface area contributed by atoms with Crippen LogP contribution in [0.4, 0.5) is 0 Å². The molecule has 0 spiro atoms. The van der Waals surface area contributed by atoms with E-state index >= 15 is 0 Å². The molecule has 19 heavy (non-hydrogen) atoms. The lowest BCUT2D eigenvalue weighted by atomic mass is 9.95. The van der Waals surface area contributed by atoms with Gasteiger partial charge in [-0.2, -0.15) is 0 Å². The molecular weight excluding hydrogens is 236 g/mol. The number of nitrogens with zero attached hydrogens (tertiary/aromatic N) is 1. The van der Waals surface area contributed by atoms with Crippen LogP contribution in [0, 0.1) is 0 Å². The van der Waals surface area contributed by atoms with E-state index in [9.17, 15) is 4.79 Å². The molecule has 3 rings (SSSR count). The van der Waals surface area contributed by atoms with Crippen LogP contribution in [0.15, 0.2) is 24.3 Å². The Morgan fingerprint density at radius 3 is 2.47 bits per heavy atom. The standard InChI is InChI=1S/C16H22N2O/c19-16(18-9-5-1-2-6-10-18)15-11-13-7-3-4-8-14(13)12-17-15/h3-4,7-8,15,17H,1-2,5-6,9-12H2/t15-/m0/s1. The summed E-state index contributed by atoms with van der Waals surface area (Å²) in [6.45, 7) is 2.71. The van der Waals surface area contributed by atoms with Crippen LogP contribution in [0.25, 0.3) is 0 Å². The molecule has 0 aromatic heterocycles. The molecule has 0 radical (unpaired) electrons. The molecule has 1 fully saturated rings. The van der Waals surface area contributed by atoms with Gasteiger partial charge in [0.1, 0.15) is 0 Å². The minimum absolute atomic E-state index is 0.0204. The molecule has 0 saturated carbocycles. The highest BCUT2D eigenvalue weighted by atomic mass is 16.2. The number of amides is 1. The van der Waals surface area contributed by atoms with Crippen LogP contribution in [0.1, 0.15) is 36.8 Å². The highest BCUT2D eigenvalue weighted by Gasteiger charge is 2.27. The number of carbonyl (C=O) groups is 1. The monoisotopic (exact) mass is 258 g/mol. The molecule has 1 N–H and O–H groups in total. The fraction of sp³-hybridized carbons (Fsp3) is 0.562. The van der Waals surface area contributed by atoms with Crippen LogP contribution < -0.4 is 5.32 Å². The van der Waals surface area contributed by atoms with Crippen molar-refractivity contribution in [3.05, 3.63) is 35.4 Å². The van der Waals surface area contributed by atoms with Crippen molar-refractivity contribution in [2.45, 2.75) is 44.7 Å². The van der Waals surface area contributed by atoms with E-state index in [1.54, 1.807) is 0 Å². The highest BCUT2D eigenvalue weighted by Crippen LogP contribution is 2.18.